The number of halogens is 3. The average Bonchev–Trinajstić information content (AvgIpc) is 2.86. The van der Waals surface area contributed by atoms with Gasteiger partial charge in [0.1, 0.15) is 5.69 Å². The maximum absolute atomic E-state index is 12.3. The lowest BCUT2D eigenvalue weighted by Crippen LogP contribution is -2.06. The van der Waals surface area contributed by atoms with Gasteiger partial charge in [0.2, 0.25) is 0 Å². The zero-order chi connectivity index (χ0) is 16.6. The van der Waals surface area contributed by atoms with Crippen LogP contribution in [0.3, 0.4) is 0 Å². The third-order valence-corrected chi connectivity index (χ3v) is 4.32. The molecule has 0 fully saturated rings. The largest absolute Gasteiger partial charge is 0.461 e. The van der Waals surface area contributed by atoms with Gasteiger partial charge in [-0.05, 0) is 37.3 Å². The zero-order valence-corrected chi connectivity index (χ0v) is 14.4. The molecule has 1 aromatic heterocycles. The molecule has 6 heteroatoms. The van der Waals surface area contributed by atoms with Gasteiger partial charge in [0, 0.05) is 37.1 Å². The molecule has 0 unspecified atom stereocenters. The molecule has 118 valence electrons. The van der Waals surface area contributed by atoms with Crippen LogP contribution in [0.1, 0.15) is 17.4 Å². The Kier molecular flexibility index (Phi) is 4.53. The summed E-state index contributed by atoms with van der Waals surface area (Å²) in [5, 5.41) is 2.21. The monoisotopic (exact) mass is 367 g/mol. The second kappa shape index (κ2) is 6.44. The molecule has 0 saturated carbocycles. The van der Waals surface area contributed by atoms with Gasteiger partial charge in [-0.1, -0.05) is 40.9 Å². The summed E-state index contributed by atoms with van der Waals surface area (Å²) in [5.41, 5.74) is 2.23. The molecule has 0 amide bonds. The molecule has 0 aliphatic heterocycles. The van der Waals surface area contributed by atoms with Gasteiger partial charge in [0.05, 0.1) is 6.61 Å². The molecular formula is C17H12Cl3NO2. The summed E-state index contributed by atoms with van der Waals surface area (Å²) in [6, 6.07) is 10.5. The van der Waals surface area contributed by atoms with Crippen LogP contribution in [-0.2, 0) is 4.74 Å². The summed E-state index contributed by atoms with van der Waals surface area (Å²) >= 11 is 18.8. The number of esters is 1. The van der Waals surface area contributed by atoms with Gasteiger partial charge in [-0.2, -0.15) is 0 Å². The SMILES string of the molecule is CCOC(=O)c1[nH]c2ccc(Cl)cc2c1-c1c(Cl)cccc1Cl. The maximum Gasteiger partial charge on any atom is 0.355 e. The summed E-state index contributed by atoms with van der Waals surface area (Å²) in [4.78, 5) is 15.4. The first kappa shape index (κ1) is 16.2. The number of benzene rings is 2. The number of aromatic amines is 1. The van der Waals surface area contributed by atoms with Gasteiger partial charge in [-0.25, -0.2) is 4.79 Å². The fourth-order valence-electron chi connectivity index (χ4n) is 2.52. The van der Waals surface area contributed by atoms with Crippen molar-refractivity contribution in [2.45, 2.75) is 6.92 Å². The van der Waals surface area contributed by atoms with E-state index in [2.05, 4.69) is 4.98 Å². The summed E-state index contributed by atoms with van der Waals surface area (Å²) in [6.07, 6.45) is 0. The zero-order valence-electron chi connectivity index (χ0n) is 12.1. The van der Waals surface area contributed by atoms with E-state index >= 15 is 0 Å². The Morgan fingerprint density at radius 3 is 2.43 bits per heavy atom. The summed E-state index contributed by atoms with van der Waals surface area (Å²) in [6.45, 7) is 2.02. The molecule has 0 radical (unpaired) electrons. The molecule has 3 aromatic rings. The number of hydrogen-bond acceptors (Lipinski definition) is 2. The van der Waals surface area contributed by atoms with Crippen LogP contribution in [0, 0.1) is 0 Å². The molecule has 1 N–H and O–H groups in total. The van der Waals surface area contributed by atoms with Crippen molar-refractivity contribution in [3.63, 3.8) is 0 Å². The van der Waals surface area contributed by atoms with E-state index in [0.717, 1.165) is 10.9 Å². The molecule has 3 rings (SSSR count). The fraction of sp³-hybridized carbons (Fsp3) is 0.118. The minimum absolute atomic E-state index is 0.269. The van der Waals surface area contributed by atoms with Crippen molar-refractivity contribution in [1.29, 1.82) is 0 Å². The number of H-pyrrole nitrogens is 1. The lowest BCUT2D eigenvalue weighted by atomic mass is 10.0. The van der Waals surface area contributed by atoms with Crippen LogP contribution in [0.25, 0.3) is 22.0 Å². The van der Waals surface area contributed by atoms with Crippen LogP contribution >= 0.6 is 34.8 Å². The van der Waals surface area contributed by atoms with E-state index in [-0.39, 0.29) is 6.61 Å². The van der Waals surface area contributed by atoms with E-state index < -0.39 is 5.97 Å². The van der Waals surface area contributed by atoms with Crippen molar-refractivity contribution >= 4 is 51.7 Å². The number of hydrogen-bond donors (Lipinski definition) is 1. The molecule has 1 heterocycles. The van der Waals surface area contributed by atoms with Crippen LogP contribution in [-0.4, -0.2) is 17.6 Å². The molecule has 0 atom stereocenters. The average molecular weight is 369 g/mol. The van der Waals surface area contributed by atoms with E-state index in [4.69, 9.17) is 39.5 Å². The topological polar surface area (TPSA) is 42.1 Å². The van der Waals surface area contributed by atoms with Crippen molar-refractivity contribution in [2.75, 3.05) is 6.61 Å². The van der Waals surface area contributed by atoms with Crippen molar-refractivity contribution in [3.05, 3.63) is 57.2 Å². The molecule has 0 saturated heterocycles. The molecule has 2 aromatic carbocycles. The first-order valence-electron chi connectivity index (χ1n) is 6.95. The molecule has 0 aliphatic carbocycles. The van der Waals surface area contributed by atoms with Crippen molar-refractivity contribution in [1.82, 2.24) is 4.98 Å². The van der Waals surface area contributed by atoms with Gasteiger partial charge in [-0.15, -0.1) is 0 Å². The number of rotatable bonds is 3. The molecule has 0 bridgehead atoms. The molecule has 0 spiro atoms. The van der Waals surface area contributed by atoms with Gasteiger partial charge in [0.25, 0.3) is 0 Å². The highest BCUT2D eigenvalue weighted by molar-refractivity contribution is 6.40. The van der Waals surface area contributed by atoms with Crippen molar-refractivity contribution in [2.24, 2.45) is 0 Å². The highest BCUT2D eigenvalue weighted by atomic mass is 35.5. The Morgan fingerprint density at radius 1 is 1.09 bits per heavy atom. The Bertz CT molecular complexity index is 882. The predicted octanol–water partition coefficient (Wildman–Crippen LogP) is 5.97. The maximum atomic E-state index is 12.3. The van der Waals surface area contributed by atoms with Crippen LogP contribution in [0.15, 0.2) is 36.4 Å². The molecule has 23 heavy (non-hydrogen) atoms. The van der Waals surface area contributed by atoms with Crippen molar-refractivity contribution in [3.8, 4) is 11.1 Å². The Labute approximate surface area is 148 Å². The van der Waals surface area contributed by atoms with Crippen LogP contribution < -0.4 is 0 Å². The summed E-state index contributed by atoms with van der Waals surface area (Å²) < 4.78 is 5.14. The number of fused-ring (bicyclic) bond motifs is 1. The normalized spacial score (nSPS) is 11.0. The Hall–Kier alpha value is -1.68. The molecule has 0 aliphatic rings. The number of carbonyl (C=O) groups excluding carboxylic acids is 1. The second-order valence-electron chi connectivity index (χ2n) is 4.88. The minimum atomic E-state index is -0.467. The minimum Gasteiger partial charge on any atom is -0.461 e. The number of ether oxygens (including phenoxy) is 1. The third kappa shape index (κ3) is 2.92. The van der Waals surface area contributed by atoms with E-state index in [0.29, 0.717) is 31.9 Å². The molecule has 3 nitrogen and oxygen atoms in total. The lowest BCUT2D eigenvalue weighted by molar-refractivity contribution is 0.0521. The lowest BCUT2D eigenvalue weighted by Gasteiger charge is -2.09. The third-order valence-electron chi connectivity index (χ3n) is 3.45. The second-order valence-corrected chi connectivity index (χ2v) is 6.13. The Morgan fingerprint density at radius 2 is 1.78 bits per heavy atom. The fourth-order valence-corrected chi connectivity index (χ4v) is 3.28. The van der Waals surface area contributed by atoms with Gasteiger partial charge < -0.3 is 9.72 Å². The summed E-state index contributed by atoms with van der Waals surface area (Å²) in [5.74, 6) is -0.467. The number of nitrogens with one attached hydrogen (secondary N) is 1. The van der Waals surface area contributed by atoms with E-state index in [1.165, 1.54) is 0 Å². The van der Waals surface area contributed by atoms with Gasteiger partial charge in [0.15, 0.2) is 0 Å². The van der Waals surface area contributed by atoms with Crippen molar-refractivity contribution < 1.29 is 9.53 Å². The van der Waals surface area contributed by atoms with E-state index in [1.54, 1.807) is 43.3 Å². The van der Waals surface area contributed by atoms with E-state index in [9.17, 15) is 4.79 Å². The highest BCUT2D eigenvalue weighted by Gasteiger charge is 2.23. The first-order valence-corrected chi connectivity index (χ1v) is 8.09. The molecular weight excluding hydrogens is 357 g/mol. The van der Waals surface area contributed by atoms with Crippen LogP contribution in [0.5, 0.6) is 0 Å². The first-order chi connectivity index (χ1) is 11.0. The van der Waals surface area contributed by atoms with Crippen LogP contribution in [0.2, 0.25) is 15.1 Å². The smallest absolute Gasteiger partial charge is 0.355 e. The summed E-state index contributed by atoms with van der Waals surface area (Å²) in [7, 11) is 0. The standard InChI is InChI=1S/C17H12Cl3NO2/c1-2-23-17(22)16-14(15-11(19)4-3-5-12(15)20)10-8-9(18)6-7-13(10)21-16/h3-8,21H,2H2,1H3. The highest BCUT2D eigenvalue weighted by Crippen LogP contribution is 2.41. The predicted molar refractivity (Wildman–Crippen MR) is 94.7 cm³/mol. The quantitative estimate of drug-likeness (QED) is 0.578. The van der Waals surface area contributed by atoms with Gasteiger partial charge >= 0.3 is 5.97 Å². The number of aromatic nitrogens is 1. The number of carbonyl (C=O) groups is 1. The van der Waals surface area contributed by atoms with Crippen LogP contribution in [0.4, 0.5) is 0 Å². The Balaban J connectivity index is 2.38. The van der Waals surface area contributed by atoms with E-state index in [1.807, 2.05) is 0 Å². The van der Waals surface area contributed by atoms with Gasteiger partial charge in [-0.3, -0.25) is 0 Å².